The summed E-state index contributed by atoms with van der Waals surface area (Å²) in [7, 11) is 1.89. The van der Waals surface area contributed by atoms with Crippen molar-refractivity contribution in [3.63, 3.8) is 0 Å². The van der Waals surface area contributed by atoms with Crippen molar-refractivity contribution in [3.05, 3.63) is 35.9 Å². The fourth-order valence-electron chi connectivity index (χ4n) is 5.56. The number of amides is 2. The van der Waals surface area contributed by atoms with Crippen molar-refractivity contribution in [2.45, 2.75) is 63.3 Å². The predicted molar refractivity (Wildman–Crippen MR) is 117 cm³/mol. The second kappa shape index (κ2) is 9.67. The van der Waals surface area contributed by atoms with E-state index in [0.717, 1.165) is 58.2 Å². The van der Waals surface area contributed by atoms with Crippen LogP contribution in [0.1, 0.15) is 44.6 Å². The number of likely N-dealkylation sites (tertiary alicyclic amines) is 1. The van der Waals surface area contributed by atoms with Crippen molar-refractivity contribution in [2.24, 2.45) is 5.92 Å². The quantitative estimate of drug-likeness (QED) is 0.775. The van der Waals surface area contributed by atoms with Gasteiger partial charge >= 0.3 is 6.03 Å². The van der Waals surface area contributed by atoms with E-state index in [4.69, 9.17) is 9.47 Å². The van der Waals surface area contributed by atoms with Crippen molar-refractivity contribution >= 4 is 6.03 Å². The van der Waals surface area contributed by atoms with Crippen LogP contribution in [0, 0.1) is 5.92 Å². The van der Waals surface area contributed by atoms with Crippen LogP contribution in [0.25, 0.3) is 0 Å². The summed E-state index contributed by atoms with van der Waals surface area (Å²) in [5, 5.41) is 3.32. The zero-order chi connectivity index (χ0) is 21.0. The Hall–Kier alpha value is -1.63. The zero-order valence-electron chi connectivity index (χ0n) is 18.5. The minimum Gasteiger partial charge on any atom is -0.348 e. The summed E-state index contributed by atoms with van der Waals surface area (Å²) < 4.78 is 12.0. The molecule has 2 aliphatic heterocycles. The number of piperidine rings is 1. The smallest absolute Gasteiger partial charge is 0.317 e. The molecule has 1 N–H and O–H groups in total. The first kappa shape index (κ1) is 21.6. The fraction of sp³-hybridized carbons (Fsp3) is 0.708. The van der Waals surface area contributed by atoms with Crippen LogP contribution in [0.4, 0.5) is 4.79 Å². The summed E-state index contributed by atoms with van der Waals surface area (Å²) in [6.45, 7) is 6.42. The van der Waals surface area contributed by atoms with Crippen LogP contribution in [0.2, 0.25) is 0 Å². The number of hydrogen-bond donors (Lipinski definition) is 1. The lowest BCUT2D eigenvalue weighted by Gasteiger charge is -2.51. The highest BCUT2D eigenvalue weighted by atomic mass is 16.7. The minimum atomic E-state index is -0.364. The Morgan fingerprint density at radius 2 is 2.03 bits per heavy atom. The van der Waals surface area contributed by atoms with Gasteiger partial charge in [0.15, 0.2) is 5.79 Å². The lowest BCUT2D eigenvalue weighted by Crippen LogP contribution is -2.60. The third-order valence-electron chi connectivity index (χ3n) is 7.03. The monoisotopic (exact) mass is 415 g/mol. The molecule has 3 aliphatic rings. The maximum Gasteiger partial charge on any atom is 0.317 e. The van der Waals surface area contributed by atoms with E-state index in [2.05, 4.69) is 29.3 Å². The molecular weight excluding hydrogens is 378 g/mol. The molecule has 1 aromatic carbocycles. The highest BCUT2D eigenvalue weighted by Gasteiger charge is 2.49. The second-order valence-electron chi connectivity index (χ2n) is 9.21. The number of likely N-dealkylation sites (N-methyl/N-ethyl adjacent to an activating group) is 1. The molecule has 4 rings (SSSR count). The first-order valence-corrected chi connectivity index (χ1v) is 11.7. The molecule has 6 nitrogen and oxygen atoms in total. The molecule has 0 bridgehead atoms. The number of rotatable bonds is 6. The van der Waals surface area contributed by atoms with Crippen molar-refractivity contribution < 1.29 is 14.3 Å². The molecule has 1 aromatic rings. The van der Waals surface area contributed by atoms with Gasteiger partial charge < -0.3 is 19.7 Å². The molecule has 6 heteroatoms. The average Bonchev–Trinajstić information content (AvgIpc) is 3.20. The number of nitrogens with one attached hydrogen (secondary N) is 1. The largest absolute Gasteiger partial charge is 0.348 e. The Bertz CT molecular complexity index is 692. The van der Waals surface area contributed by atoms with Crippen LogP contribution < -0.4 is 5.32 Å². The van der Waals surface area contributed by atoms with Gasteiger partial charge in [0.1, 0.15) is 0 Å². The van der Waals surface area contributed by atoms with E-state index in [1.54, 1.807) is 0 Å². The van der Waals surface area contributed by atoms with Crippen molar-refractivity contribution in [2.75, 3.05) is 39.9 Å². The molecule has 0 radical (unpaired) electrons. The summed E-state index contributed by atoms with van der Waals surface area (Å²) >= 11 is 0. The third-order valence-corrected chi connectivity index (χ3v) is 7.03. The van der Waals surface area contributed by atoms with Gasteiger partial charge in [-0.2, -0.15) is 0 Å². The summed E-state index contributed by atoms with van der Waals surface area (Å²) in [6.07, 6.45) is 6.10. The molecule has 1 saturated carbocycles. The molecule has 3 fully saturated rings. The molecule has 0 unspecified atom stereocenters. The first-order valence-electron chi connectivity index (χ1n) is 11.7. The number of urea groups is 1. The number of fused-ring (bicyclic) bond motifs is 1. The fourth-order valence-corrected chi connectivity index (χ4v) is 5.56. The second-order valence-corrected chi connectivity index (χ2v) is 9.21. The van der Waals surface area contributed by atoms with E-state index in [9.17, 15) is 4.79 Å². The summed E-state index contributed by atoms with van der Waals surface area (Å²) in [6, 6.07) is 11.1. The molecule has 2 heterocycles. The van der Waals surface area contributed by atoms with E-state index < -0.39 is 0 Å². The maximum atomic E-state index is 12.9. The SMILES string of the molecule is CCCN1C[C@@H](NC(=O)N(C)CCc2ccccc2)C[C@@H]2CC3(CC[C@H]21)OCCO3. The van der Waals surface area contributed by atoms with Gasteiger partial charge in [-0.1, -0.05) is 37.3 Å². The molecule has 0 aromatic heterocycles. The number of benzene rings is 1. The number of hydrogen-bond acceptors (Lipinski definition) is 4. The normalized spacial score (nSPS) is 28.3. The standard InChI is InChI=1S/C24H37N3O3/c1-3-12-27-18-21(16-20-17-24(11-9-22(20)27)29-14-15-30-24)25-23(28)26(2)13-10-19-7-5-4-6-8-19/h4-8,20-22H,3,9-18H2,1-2H3,(H,25,28)/t20-,21+,22-/m1/s1. The van der Waals surface area contributed by atoms with Gasteiger partial charge in [-0.05, 0) is 43.7 Å². The Morgan fingerprint density at radius 3 is 2.77 bits per heavy atom. The zero-order valence-corrected chi connectivity index (χ0v) is 18.5. The Labute approximate surface area is 180 Å². The van der Waals surface area contributed by atoms with Gasteiger partial charge in [-0.3, -0.25) is 4.90 Å². The number of carbonyl (C=O) groups is 1. The lowest BCUT2D eigenvalue weighted by molar-refractivity contribution is -0.201. The average molecular weight is 416 g/mol. The molecule has 30 heavy (non-hydrogen) atoms. The van der Waals surface area contributed by atoms with E-state index in [1.807, 2.05) is 30.1 Å². The van der Waals surface area contributed by atoms with Gasteiger partial charge in [-0.15, -0.1) is 0 Å². The molecule has 3 atom stereocenters. The number of carbonyl (C=O) groups excluding carboxylic acids is 1. The Morgan fingerprint density at radius 1 is 1.27 bits per heavy atom. The van der Waals surface area contributed by atoms with Gasteiger partial charge in [0.05, 0.1) is 13.2 Å². The van der Waals surface area contributed by atoms with Crippen LogP contribution in [-0.4, -0.2) is 73.6 Å². The van der Waals surface area contributed by atoms with E-state index in [1.165, 1.54) is 5.56 Å². The number of nitrogens with zero attached hydrogens (tertiary/aromatic N) is 2. The topological polar surface area (TPSA) is 54.0 Å². The minimum absolute atomic E-state index is 0.0321. The Balaban J connectivity index is 1.34. The van der Waals surface area contributed by atoms with E-state index >= 15 is 0 Å². The highest BCUT2D eigenvalue weighted by molar-refractivity contribution is 5.74. The molecule has 2 amide bonds. The molecule has 1 spiro atoms. The lowest BCUT2D eigenvalue weighted by atomic mass is 9.74. The van der Waals surface area contributed by atoms with Gasteiger partial charge in [0, 0.05) is 45.1 Å². The number of ether oxygens (including phenoxy) is 2. The predicted octanol–water partition coefficient (Wildman–Crippen LogP) is 3.27. The highest BCUT2D eigenvalue weighted by Crippen LogP contribution is 2.44. The summed E-state index contributed by atoms with van der Waals surface area (Å²) in [4.78, 5) is 17.3. The van der Waals surface area contributed by atoms with Crippen LogP contribution in [-0.2, 0) is 15.9 Å². The molecule has 1 aliphatic carbocycles. The van der Waals surface area contributed by atoms with Crippen molar-refractivity contribution in [1.82, 2.24) is 15.1 Å². The molecule has 166 valence electrons. The van der Waals surface area contributed by atoms with E-state index in [0.29, 0.717) is 25.2 Å². The summed E-state index contributed by atoms with van der Waals surface area (Å²) in [5.74, 6) is 0.148. The Kier molecular flexibility index (Phi) is 6.96. The van der Waals surface area contributed by atoms with Crippen molar-refractivity contribution in [3.8, 4) is 0 Å². The summed E-state index contributed by atoms with van der Waals surface area (Å²) in [5.41, 5.74) is 1.26. The molecule has 2 saturated heterocycles. The maximum absolute atomic E-state index is 12.9. The third kappa shape index (κ3) is 4.98. The first-order chi connectivity index (χ1) is 14.6. The van der Waals surface area contributed by atoms with Crippen LogP contribution in [0.15, 0.2) is 30.3 Å². The van der Waals surface area contributed by atoms with E-state index in [-0.39, 0.29) is 17.9 Å². The van der Waals surface area contributed by atoms with Crippen LogP contribution in [0.5, 0.6) is 0 Å². The van der Waals surface area contributed by atoms with Gasteiger partial charge in [0.2, 0.25) is 0 Å². The van der Waals surface area contributed by atoms with Crippen LogP contribution >= 0.6 is 0 Å². The molecular formula is C24H37N3O3. The van der Waals surface area contributed by atoms with Gasteiger partial charge in [-0.25, -0.2) is 4.79 Å². The van der Waals surface area contributed by atoms with Crippen molar-refractivity contribution in [1.29, 1.82) is 0 Å². The van der Waals surface area contributed by atoms with Gasteiger partial charge in [0.25, 0.3) is 0 Å². The van der Waals surface area contributed by atoms with Crippen LogP contribution in [0.3, 0.4) is 0 Å².